The van der Waals surface area contributed by atoms with Gasteiger partial charge in [-0.15, -0.1) is 0 Å². The smallest absolute Gasteiger partial charge is 0.253 e. The van der Waals surface area contributed by atoms with Crippen molar-refractivity contribution in [2.45, 2.75) is 19.4 Å². The largest absolute Gasteiger partial charge is 0.506 e. The highest BCUT2D eigenvalue weighted by molar-refractivity contribution is 5.94. The molecule has 0 bridgehead atoms. The number of amides is 1. The van der Waals surface area contributed by atoms with E-state index in [1.807, 2.05) is 31.2 Å². The van der Waals surface area contributed by atoms with Gasteiger partial charge >= 0.3 is 0 Å². The molecule has 21 heavy (non-hydrogen) atoms. The number of hydrogen-bond donors (Lipinski definition) is 2. The summed E-state index contributed by atoms with van der Waals surface area (Å²) in [7, 11) is 1.60. The SMILES string of the molecule is CCC(NC(=O)c1cncc(O)c1)c1ccccc1OC. The van der Waals surface area contributed by atoms with Gasteiger partial charge in [0, 0.05) is 11.8 Å². The van der Waals surface area contributed by atoms with Gasteiger partial charge in [-0.2, -0.15) is 0 Å². The van der Waals surface area contributed by atoms with Gasteiger partial charge < -0.3 is 15.2 Å². The third-order valence-corrected chi connectivity index (χ3v) is 3.21. The van der Waals surface area contributed by atoms with Gasteiger partial charge in [0.1, 0.15) is 11.5 Å². The number of rotatable bonds is 5. The molecule has 0 spiro atoms. The van der Waals surface area contributed by atoms with E-state index in [4.69, 9.17) is 4.74 Å². The molecule has 1 amide bonds. The van der Waals surface area contributed by atoms with Gasteiger partial charge in [-0.05, 0) is 18.6 Å². The number of benzene rings is 1. The molecule has 5 nitrogen and oxygen atoms in total. The average molecular weight is 286 g/mol. The first-order valence-electron chi connectivity index (χ1n) is 6.73. The molecule has 2 N–H and O–H groups in total. The van der Waals surface area contributed by atoms with E-state index in [0.717, 1.165) is 17.7 Å². The molecule has 0 aliphatic heterocycles. The highest BCUT2D eigenvalue weighted by Gasteiger charge is 2.17. The lowest BCUT2D eigenvalue weighted by molar-refractivity contribution is 0.0934. The van der Waals surface area contributed by atoms with E-state index in [9.17, 15) is 9.90 Å². The maximum absolute atomic E-state index is 12.2. The number of aromatic hydroxyl groups is 1. The van der Waals surface area contributed by atoms with Crippen LogP contribution in [0, 0.1) is 0 Å². The van der Waals surface area contributed by atoms with E-state index < -0.39 is 0 Å². The van der Waals surface area contributed by atoms with Gasteiger partial charge in [0.2, 0.25) is 0 Å². The third-order valence-electron chi connectivity index (χ3n) is 3.21. The Morgan fingerprint density at radius 2 is 2.14 bits per heavy atom. The monoisotopic (exact) mass is 286 g/mol. The first kappa shape index (κ1) is 14.8. The van der Waals surface area contributed by atoms with Crippen molar-refractivity contribution in [3.05, 3.63) is 53.9 Å². The minimum Gasteiger partial charge on any atom is -0.506 e. The average Bonchev–Trinajstić information content (AvgIpc) is 2.52. The Morgan fingerprint density at radius 1 is 1.38 bits per heavy atom. The van der Waals surface area contributed by atoms with E-state index in [1.54, 1.807) is 7.11 Å². The summed E-state index contributed by atoms with van der Waals surface area (Å²) in [6, 6.07) is 8.79. The van der Waals surface area contributed by atoms with Crippen LogP contribution in [0.25, 0.3) is 0 Å². The van der Waals surface area contributed by atoms with Gasteiger partial charge in [0.15, 0.2) is 0 Å². The zero-order valence-corrected chi connectivity index (χ0v) is 12.0. The van der Waals surface area contributed by atoms with E-state index >= 15 is 0 Å². The van der Waals surface area contributed by atoms with Crippen LogP contribution in [0.4, 0.5) is 0 Å². The van der Waals surface area contributed by atoms with Crippen LogP contribution >= 0.6 is 0 Å². The predicted molar refractivity (Wildman–Crippen MR) is 79.4 cm³/mol. The van der Waals surface area contributed by atoms with Crippen molar-refractivity contribution in [2.75, 3.05) is 7.11 Å². The summed E-state index contributed by atoms with van der Waals surface area (Å²) in [5.74, 6) is 0.419. The van der Waals surface area contributed by atoms with Crippen LogP contribution in [-0.4, -0.2) is 23.1 Å². The molecule has 1 unspecified atom stereocenters. The Morgan fingerprint density at radius 3 is 2.81 bits per heavy atom. The second-order valence-electron chi connectivity index (χ2n) is 4.61. The Kier molecular flexibility index (Phi) is 4.77. The topological polar surface area (TPSA) is 71.5 Å². The maximum atomic E-state index is 12.2. The Hall–Kier alpha value is -2.56. The highest BCUT2D eigenvalue weighted by atomic mass is 16.5. The van der Waals surface area contributed by atoms with Crippen LogP contribution in [0.5, 0.6) is 11.5 Å². The molecule has 0 saturated heterocycles. The molecule has 0 saturated carbocycles. The summed E-state index contributed by atoms with van der Waals surface area (Å²) in [5, 5.41) is 12.3. The minimum atomic E-state index is -0.281. The molecule has 2 rings (SSSR count). The van der Waals surface area contributed by atoms with Gasteiger partial charge in [-0.3, -0.25) is 9.78 Å². The van der Waals surface area contributed by atoms with Crippen molar-refractivity contribution in [2.24, 2.45) is 0 Å². The molecule has 0 fully saturated rings. The third kappa shape index (κ3) is 3.51. The van der Waals surface area contributed by atoms with Crippen molar-refractivity contribution >= 4 is 5.91 Å². The first-order chi connectivity index (χ1) is 10.2. The second kappa shape index (κ2) is 6.74. The number of hydrogen-bond acceptors (Lipinski definition) is 4. The number of para-hydroxylation sites is 1. The zero-order chi connectivity index (χ0) is 15.2. The van der Waals surface area contributed by atoms with Crippen molar-refractivity contribution in [3.8, 4) is 11.5 Å². The van der Waals surface area contributed by atoms with Gasteiger partial charge in [0.25, 0.3) is 5.91 Å². The first-order valence-corrected chi connectivity index (χ1v) is 6.73. The summed E-state index contributed by atoms with van der Waals surface area (Å²) < 4.78 is 5.33. The van der Waals surface area contributed by atoms with Crippen molar-refractivity contribution in [1.29, 1.82) is 0 Å². The van der Waals surface area contributed by atoms with Crippen LogP contribution < -0.4 is 10.1 Å². The maximum Gasteiger partial charge on any atom is 0.253 e. The number of aromatic nitrogens is 1. The molecular weight excluding hydrogens is 268 g/mol. The summed E-state index contributed by atoms with van der Waals surface area (Å²) in [6.07, 6.45) is 3.43. The molecule has 2 aromatic rings. The number of carbonyl (C=O) groups excluding carboxylic acids is 1. The van der Waals surface area contributed by atoms with Gasteiger partial charge in [-0.1, -0.05) is 25.1 Å². The molecule has 1 heterocycles. The van der Waals surface area contributed by atoms with Gasteiger partial charge in [-0.25, -0.2) is 0 Å². The normalized spacial score (nSPS) is 11.7. The number of carbonyl (C=O) groups is 1. The predicted octanol–water partition coefficient (Wildman–Crippen LogP) is 2.68. The van der Waals surface area contributed by atoms with Crippen molar-refractivity contribution < 1.29 is 14.6 Å². The van der Waals surface area contributed by atoms with Crippen LogP contribution in [0.1, 0.15) is 35.3 Å². The summed E-state index contributed by atoms with van der Waals surface area (Å²) >= 11 is 0. The molecule has 0 aliphatic rings. The number of pyridine rings is 1. The minimum absolute atomic E-state index is 0.0343. The quantitative estimate of drug-likeness (QED) is 0.886. The Bertz CT molecular complexity index is 628. The zero-order valence-electron chi connectivity index (χ0n) is 12.0. The number of methoxy groups -OCH3 is 1. The van der Waals surface area contributed by atoms with Crippen LogP contribution in [0.15, 0.2) is 42.7 Å². The Labute approximate surface area is 123 Å². The van der Waals surface area contributed by atoms with E-state index in [2.05, 4.69) is 10.3 Å². The summed E-state index contributed by atoms with van der Waals surface area (Å²) in [5.41, 5.74) is 1.24. The van der Waals surface area contributed by atoms with Crippen LogP contribution in [-0.2, 0) is 0 Å². The highest BCUT2D eigenvalue weighted by Crippen LogP contribution is 2.27. The molecule has 1 aromatic carbocycles. The van der Waals surface area contributed by atoms with E-state index in [0.29, 0.717) is 5.56 Å². The molecular formula is C16H18N2O3. The molecule has 110 valence electrons. The molecule has 1 atom stereocenters. The lowest BCUT2D eigenvalue weighted by atomic mass is 10.0. The second-order valence-corrected chi connectivity index (χ2v) is 4.61. The van der Waals surface area contributed by atoms with E-state index in [1.165, 1.54) is 18.5 Å². The molecule has 5 heteroatoms. The number of ether oxygens (including phenoxy) is 1. The fourth-order valence-electron chi connectivity index (χ4n) is 2.15. The summed E-state index contributed by atoms with van der Waals surface area (Å²) in [6.45, 7) is 1.98. The molecule has 0 aliphatic carbocycles. The fraction of sp³-hybridized carbons (Fsp3) is 0.250. The van der Waals surface area contributed by atoms with Crippen molar-refractivity contribution in [3.63, 3.8) is 0 Å². The van der Waals surface area contributed by atoms with Crippen molar-refractivity contribution in [1.82, 2.24) is 10.3 Å². The Balaban J connectivity index is 2.21. The van der Waals surface area contributed by atoms with Gasteiger partial charge in [0.05, 0.1) is 24.9 Å². The number of nitrogens with one attached hydrogen (secondary N) is 1. The van der Waals surface area contributed by atoms with Crippen LogP contribution in [0.2, 0.25) is 0 Å². The van der Waals surface area contributed by atoms with Crippen LogP contribution in [0.3, 0.4) is 0 Å². The number of nitrogens with zero attached hydrogens (tertiary/aromatic N) is 1. The lowest BCUT2D eigenvalue weighted by Gasteiger charge is -2.19. The fourth-order valence-corrected chi connectivity index (χ4v) is 2.15. The standard InChI is InChI=1S/C16H18N2O3/c1-3-14(13-6-4-5-7-15(13)21-2)18-16(20)11-8-12(19)10-17-9-11/h4-10,14,19H,3H2,1-2H3,(H,18,20). The van der Waals surface area contributed by atoms with E-state index in [-0.39, 0.29) is 17.7 Å². The molecule has 0 radical (unpaired) electrons. The summed E-state index contributed by atoms with van der Waals surface area (Å²) in [4.78, 5) is 16.0. The lowest BCUT2D eigenvalue weighted by Crippen LogP contribution is -2.28. The molecule has 1 aromatic heterocycles.